The molecule has 0 aliphatic heterocycles. The Bertz CT molecular complexity index is 755. The van der Waals surface area contributed by atoms with E-state index in [9.17, 15) is 13.5 Å². The number of sulfonamides is 1. The van der Waals surface area contributed by atoms with Gasteiger partial charge in [-0.25, -0.2) is 8.42 Å². The Morgan fingerprint density at radius 1 is 1.04 bits per heavy atom. The number of rotatable bonds is 8. The Morgan fingerprint density at radius 2 is 1.64 bits per heavy atom. The molecule has 0 heterocycles. The predicted molar refractivity (Wildman–Crippen MR) is 101 cm³/mol. The smallest absolute Gasteiger partial charge is 0.243 e. The first-order chi connectivity index (χ1) is 11.8. The van der Waals surface area contributed by atoms with Crippen LogP contribution < -0.4 is 0 Å². The highest BCUT2D eigenvalue weighted by molar-refractivity contribution is 7.89. The Labute approximate surface area is 151 Å². The third kappa shape index (κ3) is 5.06. The molecule has 1 radical (unpaired) electrons. The van der Waals surface area contributed by atoms with Crippen LogP contribution in [0.5, 0.6) is 5.75 Å². The number of benzene rings is 2. The van der Waals surface area contributed by atoms with Crippen molar-refractivity contribution in [1.29, 1.82) is 0 Å². The lowest BCUT2D eigenvalue weighted by Crippen LogP contribution is -2.38. The topological polar surface area (TPSA) is 57.6 Å². The van der Waals surface area contributed by atoms with E-state index in [0.717, 1.165) is 11.6 Å². The van der Waals surface area contributed by atoms with Crippen LogP contribution in [-0.2, 0) is 16.4 Å². The van der Waals surface area contributed by atoms with E-state index in [2.05, 4.69) is 0 Å². The van der Waals surface area contributed by atoms with Gasteiger partial charge in [-0.2, -0.15) is 4.31 Å². The highest BCUT2D eigenvalue weighted by atomic mass is 32.2. The van der Waals surface area contributed by atoms with Crippen LogP contribution in [-0.4, -0.2) is 24.4 Å². The average molecular weight is 360 g/mol. The highest BCUT2D eigenvalue weighted by Gasteiger charge is 2.31. The average Bonchev–Trinajstić information content (AvgIpc) is 2.59. The van der Waals surface area contributed by atoms with Crippen molar-refractivity contribution in [3.63, 3.8) is 0 Å². The maximum absolute atomic E-state index is 13.2. The van der Waals surface area contributed by atoms with Gasteiger partial charge in [0.1, 0.15) is 5.75 Å². The van der Waals surface area contributed by atoms with Crippen molar-refractivity contribution in [1.82, 2.24) is 4.31 Å². The summed E-state index contributed by atoms with van der Waals surface area (Å²) in [6.07, 6.45) is 1.25. The summed E-state index contributed by atoms with van der Waals surface area (Å²) in [6, 6.07) is 16.5. The van der Waals surface area contributed by atoms with E-state index < -0.39 is 10.0 Å². The Kier molecular flexibility index (Phi) is 6.62. The van der Waals surface area contributed by atoms with Crippen LogP contribution in [0, 0.1) is 12.0 Å². The van der Waals surface area contributed by atoms with Crippen LogP contribution in [0.25, 0.3) is 0 Å². The van der Waals surface area contributed by atoms with Gasteiger partial charge in [-0.3, -0.25) is 0 Å². The second-order valence-electron chi connectivity index (χ2n) is 6.51. The number of hydrogen-bond acceptors (Lipinski definition) is 3. The number of phenols is 1. The van der Waals surface area contributed by atoms with Crippen molar-refractivity contribution in [3.05, 3.63) is 66.2 Å². The summed E-state index contributed by atoms with van der Waals surface area (Å²) in [5, 5.41) is 9.44. The Morgan fingerprint density at radius 3 is 2.16 bits per heavy atom. The van der Waals surface area contributed by atoms with Gasteiger partial charge in [0.05, 0.1) is 10.9 Å². The molecule has 5 heteroatoms. The zero-order chi connectivity index (χ0) is 18.4. The third-order valence-electron chi connectivity index (χ3n) is 3.97. The fourth-order valence-electron chi connectivity index (χ4n) is 2.70. The molecule has 2 rings (SSSR count). The zero-order valence-corrected chi connectivity index (χ0v) is 15.8. The molecule has 0 fully saturated rings. The molecule has 4 nitrogen and oxygen atoms in total. The number of phenolic OH excluding ortho intramolecular Hbond substituents is 1. The maximum Gasteiger partial charge on any atom is 0.243 e. The van der Waals surface area contributed by atoms with E-state index in [1.54, 1.807) is 0 Å². The first-order valence-corrected chi connectivity index (χ1v) is 9.99. The van der Waals surface area contributed by atoms with Gasteiger partial charge in [0, 0.05) is 6.54 Å². The number of nitrogens with zero attached hydrogens (tertiary/aromatic N) is 1. The molecule has 0 aliphatic rings. The molecule has 0 aromatic heterocycles. The van der Waals surface area contributed by atoms with Gasteiger partial charge < -0.3 is 5.11 Å². The predicted octanol–water partition coefficient (Wildman–Crippen LogP) is 4.22. The van der Waals surface area contributed by atoms with E-state index in [-0.39, 0.29) is 16.6 Å². The molecule has 0 saturated carbocycles. The first-order valence-electron chi connectivity index (χ1n) is 8.55. The summed E-state index contributed by atoms with van der Waals surface area (Å²) in [4.78, 5) is 0.199. The van der Waals surface area contributed by atoms with Crippen molar-refractivity contribution in [2.24, 2.45) is 5.92 Å². The summed E-state index contributed by atoms with van der Waals surface area (Å²) in [5.41, 5.74) is 1.09. The highest BCUT2D eigenvalue weighted by Crippen LogP contribution is 2.28. The molecule has 0 atom stereocenters. The maximum atomic E-state index is 13.2. The van der Waals surface area contributed by atoms with Crippen molar-refractivity contribution in [2.45, 2.75) is 38.5 Å². The number of hydrogen-bond donors (Lipinski definition) is 1. The Hall–Kier alpha value is -1.85. The lowest BCUT2D eigenvalue weighted by Gasteiger charge is -2.31. The quantitative estimate of drug-likeness (QED) is 0.767. The largest absolute Gasteiger partial charge is 0.508 e. The molecule has 0 amide bonds. The van der Waals surface area contributed by atoms with Gasteiger partial charge in [0.25, 0.3) is 0 Å². The molecular formula is C20H26NO3S. The third-order valence-corrected chi connectivity index (χ3v) is 5.82. The molecular weight excluding hydrogens is 334 g/mol. The molecule has 25 heavy (non-hydrogen) atoms. The van der Waals surface area contributed by atoms with Gasteiger partial charge in [-0.1, -0.05) is 51.1 Å². The summed E-state index contributed by atoms with van der Waals surface area (Å²) in [5.74, 6) is 0.252. The second-order valence-corrected chi connectivity index (χ2v) is 8.37. The SMILES string of the molecule is CC[C](Cc1ccccc1)N(CC(C)C)S(=O)(=O)c1ccc(O)cc1. The summed E-state index contributed by atoms with van der Waals surface area (Å²) < 4.78 is 27.9. The minimum atomic E-state index is -3.66. The molecule has 0 unspecified atom stereocenters. The summed E-state index contributed by atoms with van der Waals surface area (Å²) in [7, 11) is -3.66. The molecule has 0 aliphatic carbocycles. The Balaban J connectivity index is 2.37. The summed E-state index contributed by atoms with van der Waals surface area (Å²) in [6.45, 7) is 6.43. The van der Waals surface area contributed by atoms with Crippen molar-refractivity contribution < 1.29 is 13.5 Å². The standard InChI is InChI=1S/C20H26NO3S/c1-4-18(14-17-8-6-5-7-9-17)21(15-16(2)3)25(23,24)20-12-10-19(22)11-13-20/h5-13,16,22H,4,14-15H2,1-3H3. The van der Waals surface area contributed by atoms with Crippen molar-refractivity contribution in [2.75, 3.05) is 6.54 Å². The van der Waals surface area contributed by atoms with Gasteiger partial charge in [-0.15, -0.1) is 0 Å². The molecule has 2 aromatic carbocycles. The minimum absolute atomic E-state index is 0.0540. The molecule has 0 spiro atoms. The van der Waals surface area contributed by atoms with Gasteiger partial charge in [-0.05, 0) is 48.6 Å². The van der Waals surface area contributed by atoms with Crippen LogP contribution in [0.4, 0.5) is 0 Å². The van der Waals surface area contributed by atoms with Crippen LogP contribution in [0.2, 0.25) is 0 Å². The molecule has 1 N–H and O–H groups in total. The minimum Gasteiger partial charge on any atom is -0.508 e. The van der Waals surface area contributed by atoms with E-state index in [1.165, 1.54) is 28.6 Å². The normalized spacial score (nSPS) is 12.2. The molecule has 0 saturated heterocycles. The lowest BCUT2D eigenvalue weighted by molar-refractivity contribution is 0.358. The monoisotopic (exact) mass is 360 g/mol. The first kappa shape index (κ1) is 19.5. The van der Waals surface area contributed by atoms with Crippen molar-refractivity contribution in [3.8, 4) is 5.75 Å². The van der Waals surface area contributed by atoms with Gasteiger partial charge in [0.2, 0.25) is 10.0 Å². The fourth-order valence-corrected chi connectivity index (χ4v) is 4.46. The van der Waals surface area contributed by atoms with Gasteiger partial charge in [0.15, 0.2) is 0 Å². The number of aromatic hydroxyl groups is 1. The van der Waals surface area contributed by atoms with E-state index in [4.69, 9.17) is 0 Å². The molecule has 0 bridgehead atoms. The molecule has 135 valence electrons. The lowest BCUT2D eigenvalue weighted by atomic mass is 10.0. The van der Waals surface area contributed by atoms with Crippen LogP contribution in [0.3, 0.4) is 0 Å². The van der Waals surface area contributed by atoms with Crippen LogP contribution in [0.15, 0.2) is 59.5 Å². The fraction of sp³-hybridized carbons (Fsp3) is 0.350. The van der Waals surface area contributed by atoms with E-state index in [1.807, 2.05) is 51.1 Å². The van der Waals surface area contributed by atoms with Crippen LogP contribution in [0.1, 0.15) is 32.8 Å². The van der Waals surface area contributed by atoms with Gasteiger partial charge >= 0.3 is 0 Å². The van der Waals surface area contributed by atoms with Crippen molar-refractivity contribution >= 4 is 10.0 Å². The molecule has 2 aromatic rings. The summed E-state index contributed by atoms with van der Waals surface area (Å²) >= 11 is 0. The van der Waals surface area contributed by atoms with E-state index >= 15 is 0 Å². The van der Waals surface area contributed by atoms with E-state index in [0.29, 0.717) is 19.4 Å². The zero-order valence-electron chi connectivity index (χ0n) is 15.0. The second kappa shape index (κ2) is 8.50. The van der Waals surface area contributed by atoms with Crippen LogP contribution >= 0.6 is 0 Å².